The smallest absolute Gasteiger partial charge is 0.159 e. The van der Waals surface area contributed by atoms with E-state index in [-0.39, 0.29) is 0 Å². The van der Waals surface area contributed by atoms with Crippen LogP contribution in [0.5, 0.6) is 0 Å². The third kappa shape index (κ3) is 9.69. The summed E-state index contributed by atoms with van der Waals surface area (Å²) in [5.74, 6) is 0. The Labute approximate surface area is 583 Å². The minimum atomic E-state index is 0.706. The maximum absolute atomic E-state index is 5.42. The lowest BCUT2D eigenvalue weighted by atomic mass is 9.88. The van der Waals surface area contributed by atoms with Crippen molar-refractivity contribution in [2.45, 2.75) is 111 Å². The SMILES string of the molecule is Cc1cccc(C)c1N(c1c(C)nc2ncccc2c1C)c1cc(N(c2c(C)cccc2C)c2c(C)nc3ncccc3c2C)c2ccc3c(N(c4c(C)cccc4C)c4c(C)nc5ncccc5c4C)cc(N(c4c(C)cccc4C)c4c(C)nc5ncccc5c4C)c4ccc1c2c43. The molecule has 0 bridgehead atoms. The summed E-state index contributed by atoms with van der Waals surface area (Å²) in [6.07, 6.45) is 7.36. The van der Waals surface area contributed by atoms with Gasteiger partial charge in [-0.1, -0.05) is 97.1 Å². The van der Waals surface area contributed by atoms with Gasteiger partial charge in [0.2, 0.25) is 0 Å². The molecule has 16 aromatic rings. The van der Waals surface area contributed by atoms with Gasteiger partial charge in [0.05, 0.1) is 91.0 Å². The quantitative estimate of drug-likeness (QED) is 0.108. The number of rotatable bonds is 12. The Kier molecular flexibility index (Phi) is 15.2. The van der Waals surface area contributed by atoms with Gasteiger partial charge in [-0.15, -0.1) is 0 Å². The minimum Gasteiger partial charge on any atom is -0.307 e. The van der Waals surface area contributed by atoms with E-state index in [2.05, 4.69) is 264 Å². The first-order valence-electron chi connectivity index (χ1n) is 34.4. The predicted octanol–water partition coefficient (Wildman–Crippen LogP) is 23.2. The molecule has 100 heavy (non-hydrogen) atoms. The summed E-state index contributed by atoms with van der Waals surface area (Å²) in [6, 6.07) is 57.9. The Morgan fingerprint density at radius 2 is 0.410 bits per heavy atom. The largest absolute Gasteiger partial charge is 0.307 e. The van der Waals surface area contributed by atoms with E-state index < -0.39 is 0 Å². The lowest BCUT2D eigenvalue weighted by Crippen LogP contribution is -2.21. The lowest BCUT2D eigenvalue weighted by Gasteiger charge is -2.38. The van der Waals surface area contributed by atoms with Gasteiger partial charge in [0, 0.05) is 78.6 Å². The summed E-state index contributed by atoms with van der Waals surface area (Å²) in [7, 11) is 0. The molecule has 0 spiro atoms. The first-order valence-corrected chi connectivity index (χ1v) is 34.4. The number of hydrogen-bond acceptors (Lipinski definition) is 12. The normalized spacial score (nSPS) is 11.8. The lowest BCUT2D eigenvalue weighted by molar-refractivity contribution is 1.12. The predicted molar refractivity (Wildman–Crippen MR) is 417 cm³/mol. The van der Waals surface area contributed by atoms with Crippen molar-refractivity contribution in [2.75, 3.05) is 19.6 Å². The van der Waals surface area contributed by atoms with Crippen LogP contribution in [0.2, 0.25) is 0 Å². The third-order valence-corrected chi connectivity index (χ3v) is 21.0. The molecule has 16 rings (SSSR count). The number of pyridine rings is 8. The van der Waals surface area contributed by atoms with E-state index >= 15 is 0 Å². The monoisotopic (exact) mass is 1300 g/mol. The van der Waals surface area contributed by atoms with Gasteiger partial charge in [-0.2, -0.15) is 0 Å². The summed E-state index contributed by atoms with van der Waals surface area (Å²) >= 11 is 0. The van der Waals surface area contributed by atoms with Gasteiger partial charge in [0.25, 0.3) is 0 Å². The molecule has 0 fully saturated rings. The molecular formula is C88H78N12. The Morgan fingerprint density at radius 3 is 0.610 bits per heavy atom. The molecule has 8 heterocycles. The Bertz CT molecular complexity index is 5300. The van der Waals surface area contributed by atoms with Crippen LogP contribution < -0.4 is 19.6 Å². The fourth-order valence-corrected chi connectivity index (χ4v) is 16.6. The second kappa shape index (κ2) is 24.1. The van der Waals surface area contributed by atoms with E-state index in [1.54, 1.807) is 0 Å². The second-order valence-corrected chi connectivity index (χ2v) is 27.4. The molecule has 490 valence electrons. The summed E-state index contributed by atoms with van der Waals surface area (Å²) < 4.78 is 0. The molecule has 8 aromatic carbocycles. The fraction of sp³-hybridized carbons (Fsp3) is 0.182. The highest BCUT2D eigenvalue weighted by Gasteiger charge is 2.35. The molecule has 0 unspecified atom stereocenters. The number of para-hydroxylation sites is 4. The van der Waals surface area contributed by atoms with Crippen LogP contribution in [-0.2, 0) is 0 Å². The van der Waals surface area contributed by atoms with Crippen molar-refractivity contribution in [2.24, 2.45) is 0 Å². The van der Waals surface area contributed by atoms with Crippen LogP contribution >= 0.6 is 0 Å². The van der Waals surface area contributed by atoms with Crippen LogP contribution in [-0.4, -0.2) is 39.9 Å². The zero-order chi connectivity index (χ0) is 69.4. The zero-order valence-corrected chi connectivity index (χ0v) is 59.7. The Morgan fingerprint density at radius 1 is 0.210 bits per heavy atom. The number of aryl methyl sites for hydroxylation is 16. The molecule has 12 heteroatoms. The van der Waals surface area contributed by atoms with Crippen LogP contribution in [0.15, 0.2) is 183 Å². The van der Waals surface area contributed by atoms with Gasteiger partial charge in [-0.25, -0.2) is 39.9 Å². The second-order valence-electron chi connectivity index (χ2n) is 27.4. The Balaban J connectivity index is 1.18. The van der Waals surface area contributed by atoms with Crippen molar-refractivity contribution < 1.29 is 0 Å². The number of nitrogens with zero attached hydrogens (tertiary/aromatic N) is 12. The number of hydrogen-bond donors (Lipinski definition) is 0. The number of aromatic nitrogens is 8. The summed E-state index contributed by atoms with van der Waals surface area (Å²) in [5, 5.41) is 10.3. The highest BCUT2D eigenvalue weighted by Crippen LogP contribution is 2.59. The van der Waals surface area contributed by atoms with Gasteiger partial charge < -0.3 is 19.6 Å². The summed E-state index contributed by atoms with van der Waals surface area (Å²) in [4.78, 5) is 51.4. The van der Waals surface area contributed by atoms with E-state index in [9.17, 15) is 0 Å². The first kappa shape index (κ1) is 63.0. The number of fused-ring (bicyclic) bond motifs is 4. The molecule has 8 aromatic heterocycles. The van der Waals surface area contributed by atoms with Gasteiger partial charge >= 0.3 is 0 Å². The molecular weight excluding hydrogens is 1230 g/mol. The van der Waals surface area contributed by atoms with Gasteiger partial charge in [0.15, 0.2) is 22.6 Å². The molecule has 0 N–H and O–H groups in total. The van der Waals surface area contributed by atoms with Gasteiger partial charge in [-0.05, 0) is 238 Å². The standard InChI is InChI=1S/C88H78N12/c1-47-25-17-26-48(2)77(47)97(81-55(9)63-33-21-41-89-85(63)93-59(81)13)71-45-72(98(78-49(3)27-18-28-50(78)4)82-56(10)64-34-22-42-90-86(64)94-60(82)14)68-39-40-70-74(100(80-53(7)31-20-32-54(80)8)84-58(12)66-36-24-44-92-88(66)96-62(84)16)46-73(69-38-37-67(71)75(68)76(69)70)99(79-51(5)29-19-30-52(79)6)83-57(11)65-35-23-43-91-87(65)95-61(83)15/h17-46H,1-16H3. The zero-order valence-electron chi connectivity index (χ0n) is 59.7. The molecule has 0 aliphatic heterocycles. The average Bonchev–Trinajstić information content (AvgIpc) is 0.693. The molecule has 0 aliphatic rings. The van der Waals surface area contributed by atoms with Crippen molar-refractivity contribution in [3.05, 3.63) is 272 Å². The van der Waals surface area contributed by atoms with Crippen molar-refractivity contribution >= 4 is 145 Å². The Hall–Kier alpha value is -11.8. The molecule has 0 amide bonds. The van der Waals surface area contributed by atoms with Crippen LogP contribution in [0.3, 0.4) is 0 Å². The van der Waals surface area contributed by atoms with E-state index in [1.807, 2.05) is 49.1 Å². The highest BCUT2D eigenvalue weighted by molar-refractivity contribution is 6.33. The average molecular weight is 1300 g/mol. The van der Waals surface area contributed by atoms with E-state index in [0.717, 1.165) is 212 Å². The van der Waals surface area contributed by atoms with Crippen molar-refractivity contribution in [1.82, 2.24) is 39.9 Å². The van der Waals surface area contributed by atoms with E-state index in [4.69, 9.17) is 39.9 Å². The van der Waals surface area contributed by atoms with Crippen molar-refractivity contribution in [3.63, 3.8) is 0 Å². The number of benzene rings is 8. The molecule has 12 nitrogen and oxygen atoms in total. The molecule has 0 saturated carbocycles. The third-order valence-electron chi connectivity index (χ3n) is 21.0. The van der Waals surface area contributed by atoms with Crippen LogP contribution in [0.25, 0.3) is 76.5 Å². The van der Waals surface area contributed by atoms with Gasteiger partial charge in [0.1, 0.15) is 0 Å². The summed E-state index contributed by atoms with van der Waals surface area (Å²) in [5.41, 5.74) is 31.7. The van der Waals surface area contributed by atoms with Crippen molar-refractivity contribution in [3.8, 4) is 0 Å². The minimum absolute atomic E-state index is 0.706. The maximum Gasteiger partial charge on any atom is 0.159 e. The topological polar surface area (TPSA) is 116 Å². The molecule has 0 saturated heterocycles. The number of anilines is 12. The maximum atomic E-state index is 5.42. The first-order chi connectivity index (χ1) is 48.3. The fourth-order valence-electron chi connectivity index (χ4n) is 16.6. The highest BCUT2D eigenvalue weighted by atomic mass is 15.2. The van der Waals surface area contributed by atoms with Gasteiger partial charge in [-0.3, -0.25) is 0 Å². The van der Waals surface area contributed by atoms with Crippen LogP contribution in [0.4, 0.5) is 68.2 Å². The molecule has 0 radical (unpaired) electrons. The van der Waals surface area contributed by atoms with Crippen LogP contribution in [0, 0.1) is 111 Å². The van der Waals surface area contributed by atoms with E-state index in [1.165, 1.54) is 0 Å². The van der Waals surface area contributed by atoms with Crippen LogP contribution in [0.1, 0.15) is 89.5 Å². The van der Waals surface area contributed by atoms with E-state index in [0.29, 0.717) is 22.6 Å². The molecule has 0 aliphatic carbocycles. The molecule has 0 atom stereocenters. The van der Waals surface area contributed by atoms with Crippen molar-refractivity contribution in [1.29, 1.82) is 0 Å². The summed E-state index contributed by atoms with van der Waals surface area (Å²) in [6.45, 7) is 35.4.